The minimum absolute atomic E-state index is 0.187. The van der Waals surface area contributed by atoms with Gasteiger partial charge in [-0.25, -0.2) is 8.42 Å². The van der Waals surface area contributed by atoms with Crippen LogP contribution in [-0.4, -0.2) is 20.9 Å². The summed E-state index contributed by atoms with van der Waals surface area (Å²) in [7, 11) is -4.41. The van der Waals surface area contributed by atoms with Gasteiger partial charge in [-0.2, -0.15) is 13.2 Å². The zero-order chi connectivity index (χ0) is 25.3. The molecule has 0 unspecified atom stereocenters. The van der Waals surface area contributed by atoms with E-state index in [0.29, 0.717) is 21.1 Å². The summed E-state index contributed by atoms with van der Waals surface area (Å²) in [5.74, 6) is -0.779. The Hall–Kier alpha value is -2.75. The summed E-state index contributed by atoms with van der Waals surface area (Å²) < 4.78 is 67.7. The second-order valence-electron chi connectivity index (χ2n) is 7.50. The SMILES string of the molecule is Cc1ccc(S(=O)(=O)N(CC(=O)Nc2ccc(C)c(Cl)c2)c2ccc(Cl)c(C(F)(F)F)c2)cc1. The van der Waals surface area contributed by atoms with E-state index in [4.69, 9.17) is 23.2 Å². The number of anilines is 2. The fourth-order valence-electron chi connectivity index (χ4n) is 3.04. The van der Waals surface area contributed by atoms with E-state index in [9.17, 15) is 26.4 Å². The Kier molecular flexibility index (Phi) is 7.50. The molecule has 180 valence electrons. The molecule has 3 aromatic rings. The monoisotopic (exact) mass is 530 g/mol. The lowest BCUT2D eigenvalue weighted by atomic mass is 10.2. The van der Waals surface area contributed by atoms with E-state index >= 15 is 0 Å². The molecule has 0 spiro atoms. The van der Waals surface area contributed by atoms with Gasteiger partial charge in [0.25, 0.3) is 10.0 Å². The maximum atomic E-state index is 13.4. The zero-order valence-electron chi connectivity index (χ0n) is 18.0. The molecular formula is C23H19Cl2F3N2O3S. The predicted molar refractivity (Wildman–Crippen MR) is 127 cm³/mol. The molecule has 0 aromatic heterocycles. The van der Waals surface area contributed by atoms with Crippen molar-refractivity contribution in [3.63, 3.8) is 0 Å². The van der Waals surface area contributed by atoms with Gasteiger partial charge in [-0.1, -0.05) is 47.0 Å². The summed E-state index contributed by atoms with van der Waals surface area (Å²) >= 11 is 11.8. The Labute approximate surface area is 205 Å². The molecule has 0 aliphatic heterocycles. The lowest BCUT2D eigenvalue weighted by molar-refractivity contribution is -0.137. The van der Waals surface area contributed by atoms with Crippen LogP contribution in [0.25, 0.3) is 0 Å². The van der Waals surface area contributed by atoms with Gasteiger partial charge in [0, 0.05) is 10.7 Å². The molecule has 0 bridgehead atoms. The Morgan fingerprint density at radius 2 is 1.59 bits per heavy atom. The van der Waals surface area contributed by atoms with Crippen molar-refractivity contribution in [2.75, 3.05) is 16.2 Å². The molecule has 34 heavy (non-hydrogen) atoms. The average Bonchev–Trinajstić information content (AvgIpc) is 2.74. The van der Waals surface area contributed by atoms with Crippen molar-refractivity contribution in [3.8, 4) is 0 Å². The molecule has 5 nitrogen and oxygen atoms in total. The predicted octanol–water partition coefficient (Wildman–Crippen LogP) is 6.46. The van der Waals surface area contributed by atoms with Crippen molar-refractivity contribution in [1.82, 2.24) is 0 Å². The molecule has 3 rings (SSSR count). The highest BCUT2D eigenvalue weighted by molar-refractivity contribution is 7.92. The van der Waals surface area contributed by atoms with Crippen LogP contribution >= 0.6 is 23.2 Å². The molecule has 11 heteroatoms. The Bertz CT molecular complexity index is 1330. The summed E-state index contributed by atoms with van der Waals surface area (Å²) in [5, 5.41) is 2.31. The number of amides is 1. The molecular weight excluding hydrogens is 512 g/mol. The topological polar surface area (TPSA) is 66.5 Å². The van der Waals surface area contributed by atoms with E-state index in [2.05, 4.69) is 5.32 Å². The Morgan fingerprint density at radius 3 is 2.18 bits per heavy atom. The molecule has 1 N–H and O–H groups in total. The van der Waals surface area contributed by atoms with Crippen LogP contribution in [0.1, 0.15) is 16.7 Å². The number of sulfonamides is 1. The third-order valence-corrected chi connectivity index (χ3v) is 7.42. The molecule has 0 fully saturated rings. The minimum atomic E-state index is -4.83. The first-order valence-electron chi connectivity index (χ1n) is 9.81. The Balaban J connectivity index is 2.04. The van der Waals surface area contributed by atoms with Crippen molar-refractivity contribution in [3.05, 3.63) is 87.4 Å². The number of carbonyl (C=O) groups excluding carboxylic acids is 1. The van der Waals surface area contributed by atoms with Crippen LogP contribution in [0.4, 0.5) is 24.5 Å². The zero-order valence-corrected chi connectivity index (χ0v) is 20.3. The van der Waals surface area contributed by atoms with E-state index < -0.39 is 39.2 Å². The second-order valence-corrected chi connectivity index (χ2v) is 10.2. The van der Waals surface area contributed by atoms with Crippen LogP contribution < -0.4 is 9.62 Å². The number of halogens is 5. The van der Waals surface area contributed by atoms with E-state index in [1.54, 1.807) is 38.1 Å². The number of benzene rings is 3. The summed E-state index contributed by atoms with van der Waals surface area (Å²) in [6.45, 7) is 2.73. The second kappa shape index (κ2) is 9.85. The van der Waals surface area contributed by atoms with Crippen LogP contribution in [0.2, 0.25) is 10.0 Å². The van der Waals surface area contributed by atoms with Crippen molar-refractivity contribution in [2.24, 2.45) is 0 Å². The lowest BCUT2D eigenvalue weighted by Crippen LogP contribution is -2.38. The molecule has 0 radical (unpaired) electrons. The first kappa shape index (κ1) is 25.9. The van der Waals surface area contributed by atoms with Crippen molar-refractivity contribution >= 4 is 50.5 Å². The van der Waals surface area contributed by atoms with Gasteiger partial charge >= 0.3 is 6.18 Å². The number of hydrogen-bond acceptors (Lipinski definition) is 3. The number of nitrogens with one attached hydrogen (secondary N) is 1. The van der Waals surface area contributed by atoms with Gasteiger partial charge in [0.1, 0.15) is 6.54 Å². The van der Waals surface area contributed by atoms with Gasteiger partial charge in [-0.3, -0.25) is 9.10 Å². The van der Waals surface area contributed by atoms with Gasteiger partial charge in [0.2, 0.25) is 5.91 Å². The number of aryl methyl sites for hydroxylation is 2. The van der Waals surface area contributed by atoms with E-state index in [1.165, 1.54) is 18.2 Å². The normalized spacial score (nSPS) is 11.9. The maximum absolute atomic E-state index is 13.4. The third kappa shape index (κ3) is 5.84. The molecule has 0 atom stereocenters. The van der Waals surface area contributed by atoms with Crippen LogP contribution in [0, 0.1) is 13.8 Å². The number of hydrogen-bond donors (Lipinski definition) is 1. The van der Waals surface area contributed by atoms with Gasteiger partial charge in [-0.15, -0.1) is 0 Å². The van der Waals surface area contributed by atoms with Crippen molar-refractivity contribution in [1.29, 1.82) is 0 Å². The molecule has 3 aromatic carbocycles. The van der Waals surface area contributed by atoms with Crippen LogP contribution in [0.15, 0.2) is 65.6 Å². The number of rotatable bonds is 6. The fourth-order valence-corrected chi connectivity index (χ4v) is 4.86. The maximum Gasteiger partial charge on any atom is 0.417 e. The van der Waals surface area contributed by atoms with Crippen molar-refractivity contribution < 1.29 is 26.4 Å². The average molecular weight is 531 g/mol. The van der Waals surface area contributed by atoms with Crippen LogP contribution in [0.3, 0.4) is 0 Å². The Morgan fingerprint density at radius 1 is 0.941 bits per heavy atom. The number of alkyl halides is 3. The van der Waals surface area contributed by atoms with Gasteiger partial charge in [0.15, 0.2) is 0 Å². The van der Waals surface area contributed by atoms with Crippen LogP contribution in [-0.2, 0) is 21.0 Å². The molecule has 0 saturated carbocycles. The highest BCUT2D eigenvalue weighted by atomic mass is 35.5. The molecule has 0 heterocycles. The summed E-state index contributed by atoms with van der Waals surface area (Å²) in [6.07, 6.45) is -4.83. The molecule has 0 saturated heterocycles. The summed E-state index contributed by atoms with van der Waals surface area (Å²) in [6, 6.07) is 13.1. The quantitative estimate of drug-likeness (QED) is 0.397. The standard InChI is InChI=1S/C23H19Cl2F3N2O3S/c1-14-3-8-18(9-4-14)34(32,33)30(17-7-10-20(24)19(12-17)23(26,27)28)13-22(31)29-16-6-5-15(2)21(25)11-16/h3-12H,13H2,1-2H3,(H,29,31). The lowest BCUT2D eigenvalue weighted by Gasteiger charge is -2.25. The van der Waals surface area contributed by atoms with E-state index in [-0.39, 0.29) is 10.6 Å². The molecule has 0 aliphatic rings. The summed E-state index contributed by atoms with van der Waals surface area (Å²) in [5.41, 5.74) is 0.269. The largest absolute Gasteiger partial charge is 0.417 e. The third-order valence-electron chi connectivity index (χ3n) is 4.90. The van der Waals surface area contributed by atoms with Gasteiger partial charge in [0.05, 0.1) is 21.2 Å². The van der Waals surface area contributed by atoms with Gasteiger partial charge < -0.3 is 5.32 Å². The van der Waals surface area contributed by atoms with Gasteiger partial charge in [-0.05, 0) is 61.9 Å². The summed E-state index contributed by atoms with van der Waals surface area (Å²) in [4.78, 5) is 12.6. The van der Waals surface area contributed by atoms with Crippen LogP contribution in [0.5, 0.6) is 0 Å². The van der Waals surface area contributed by atoms with E-state index in [1.807, 2.05) is 0 Å². The first-order valence-corrected chi connectivity index (χ1v) is 12.0. The van der Waals surface area contributed by atoms with E-state index in [0.717, 1.165) is 23.3 Å². The first-order chi connectivity index (χ1) is 15.8. The fraction of sp³-hybridized carbons (Fsp3) is 0.174. The molecule has 0 aliphatic carbocycles. The minimum Gasteiger partial charge on any atom is -0.324 e. The highest BCUT2D eigenvalue weighted by Gasteiger charge is 2.35. The molecule has 1 amide bonds. The highest BCUT2D eigenvalue weighted by Crippen LogP contribution is 2.38. The number of carbonyl (C=O) groups is 1. The van der Waals surface area contributed by atoms with Crippen molar-refractivity contribution in [2.45, 2.75) is 24.9 Å². The smallest absolute Gasteiger partial charge is 0.324 e. The number of nitrogens with zero attached hydrogens (tertiary/aromatic N) is 1.